The number of rotatable bonds is 4. The number of fused-ring (bicyclic) bond motifs is 1. The van der Waals surface area contributed by atoms with Gasteiger partial charge in [0.05, 0.1) is 12.1 Å². The number of hydrogen-bond donors (Lipinski definition) is 1. The number of aromatic nitrogens is 1. The van der Waals surface area contributed by atoms with Gasteiger partial charge in [-0.25, -0.2) is 4.99 Å². The van der Waals surface area contributed by atoms with Crippen molar-refractivity contribution in [1.82, 2.24) is 9.88 Å². The fourth-order valence-electron chi connectivity index (χ4n) is 2.11. The SMILES string of the molecule is CCN(CC)C(N)=NCc1cccc2cccnc12. The van der Waals surface area contributed by atoms with Crippen LogP contribution in [0.4, 0.5) is 0 Å². The van der Waals surface area contributed by atoms with Crippen LogP contribution in [0.5, 0.6) is 0 Å². The van der Waals surface area contributed by atoms with Crippen molar-refractivity contribution in [2.45, 2.75) is 20.4 Å². The summed E-state index contributed by atoms with van der Waals surface area (Å²) in [6.07, 6.45) is 1.81. The Kier molecular flexibility index (Phi) is 4.34. The van der Waals surface area contributed by atoms with Crippen LogP contribution in [0.25, 0.3) is 10.9 Å². The topological polar surface area (TPSA) is 54.5 Å². The van der Waals surface area contributed by atoms with E-state index in [1.807, 2.05) is 29.3 Å². The summed E-state index contributed by atoms with van der Waals surface area (Å²) in [6.45, 7) is 6.46. The maximum Gasteiger partial charge on any atom is 0.191 e. The quantitative estimate of drug-likeness (QED) is 0.675. The van der Waals surface area contributed by atoms with Gasteiger partial charge in [0.25, 0.3) is 0 Å². The van der Waals surface area contributed by atoms with Gasteiger partial charge in [-0.1, -0.05) is 24.3 Å². The van der Waals surface area contributed by atoms with Crippen molar-refractivity contribution in [3.05, 3.63) is 42.1 Å². The molecule has 0 aliphatic carbocycles. The Bertz CT molecular complexity index is 568. The smallest absolute Gasteiger partial charge is 0.191 e. The summed E-state index contributed by atoms with van der Waals surface area (Å²) in [4.78, 5) is 10.9. The van der Waals surface area contributed by atoms with E-state index in [1.54, 1.807) is 0 Å². The molecule has 1 aromatic carbocycles. The van der Waals surface area contributed by atoms with Crippen LogP contribution in [0, 0.1) is 0 Å². The molecular weight excluding hydrogens is 236 g/mol. The Labute approximate surface area is 114 Å². The molecule has 0 saturated carbocycles. The first-order chi connectivity index (χ1) is 9.26. The monoisotopic (exact) mass is 256 g/mol. The van der Waals surface area contributed by atoms with Gasteiger partial charge in [0.15, 0.2) is 5.96 Å². The van der Waals surface area contributed by atoms with Crippen LogP contribution in [0.15, 0.2) is 41.5 Å². The fraction of sp³-hybridized carbons (Fsp3) is 0.333. The number of nitrogens with two attached hydrogens (primary N) is 1. The van der Waals surface area contributed by atoms with Gasteiger partial charge >= 0.3 is 0 Å². The minimum Gasteiger partial charge on any atom is -0.370 e. The highest BCUT2D eigenvalue weighted by Gasteiger charge is 2.04. The second-order valence-corrected chi connectivity index (χ2v) is 4.34. The van der Waals surface area contributed by atoms with E-state index in [2.05, 4.69) is 36.0 Å². The van der Waals surface area contributed by atoms with E-state index in [0.717, 1.165) is 29.6 Å². The highest BCUT2D eigenvalue weighted by Crippen LogP contribution is 2.16. The number of benzene rings is 1. The molecule has 100 valence electrons. The Hall–Kier alpha value is -2.10. The summed E-state index contributed by atoms with van der Waals surface area (Å²) < 4.78 is 0. The molecule has 2 aromatic rings. The molecule has 19 heavy (non-hydrogen) atoms. The second kappa shape index (κ2) is 6.18. The molecule has 0 saturated heterocycles. The lowest BCUT2D eigenvalue weighted by Gasteiger charge is -2.19. The molecule has 2 rings (SSSR count). The van der Waals surface area contributed by atoms with Gasteiger partial charge in [0.2, 0.25) is 0 Å². The predicted octanol–water partition coefficient (Wildman–Crippen LogP) is 2.39. The van der Waals surface area contributed by atoms with Gasteiger partial charge in [-0.05, 0) is 25.5 Å². The van der Waals surface area contributed by atoms with Crippen LogP contribution >= 0.6 is 0 Å². The Balaban J connectivity index is 2.24. The summed E-state index contributed by atoms with van der Waals surface area (Å²) in [5.41, 5.74) is 8.09. The van der Waals surface area contributed by atoms with Gasteiger partial charge in [-0.2, -0.15) is 0 Å². The van der Waals surface area contributed by atoms with E-state index in [-0.39, 0.29) is 0 Å². The van der Waals surface area contributed by atoms with Crippen LogP contribution < -0.4 is 5.73 Å². The summed E-state index contributed by atoms with van der Waals surface area (Å²) in [5, 5.41) is 1.14. The van der Waals surface area contributed by atoms with E-state index in [9.17, 15) is 0 Å². The van der Waals surface area contributed by atoms with E-state index in [4.69, 9.17) is 5.73 Å². The van der Waals surface area contributed by atoms with Crippen LogP contribution in [0.3, 0.4) is 0 Å². The highest BCUT2D eigenvalue weighted by molar-refractivity contribution is 5.82. The highest BCUT2D eigenvalue weighted by atomic mass is 15.2. The first kappa shape index (κ1) is 13.3. The maximum absolute atomic E-state index is 5.99. The fourth-order valence-corrected chi connectivity index (χ4v) is 2.11. The molecule has 1 heterocycles. The number of para-hydroxylation sites is 1. The van der Waals surface area contributed by atoms with Crippen molar-refractivity contribution in [3.8, 4) is 0 Å². The van der Waals surface area contributed by atoms with Crippen molar-refractivity contribution in [2.75, 3.05) is 13.1 Å². The van der Waals surface area contributed by atoms with Crippen molar-refractivity contribution in [3.63, 3.8) is 0 Å². The predicted molar refractivity (Wildman–Crippen MR) is 80.0 cm³/mol. The Morgan fingerprint density at radius 2 is 1.95 bits per heavy atom. The molecule has 1 aromatic heterocycles. The average Bonchev–Trinajstić information content (AvgIpc) is 2.46. The molecule has 0 fully saturated rings. The van der Waals surface area contributed by atoms with Crippen molar-refractivity contribution < 1.29 is 0 Å². The molecule has 0 atom stereocenters. The average molecular weight is 256 g/mol. The lowest BCUT2D eigenvalue weighted by molar-refractivity contribution is 0.458. The van der Waals surface area contributed by atoms with Crippen LogP contribution in [-0.4, -0.2) is 28.9 Å². The first-order valence-electron chi connectivity index (χ1n) is 6.63. The minimum atomic E-state index is 0.566. The standard InChI is InChI=1S/C15H20N4/c1-3-19(4-2)15(16)18-11-13-8-5-7-12-9-6-10-17-14(12)13/h5-10H,3-4,11H2,1-2H3,(H2,16,18). The summed E-state index contributed by atoms with van der Waals surface area (Å²) in [5.74, 6) is 0.595. The number of guanidine groups is 1. The largest absolute Gasteiger partial charge is 0.370 e. The molecule has 0 radical (unpaired) electrons. The van der Waals surface area contributed by atoms with E-state index in [0.29, 0.717) is 12.5 Å². The Morgan fingerprint density at radius 1 is 1.21 bits per heavy atom. The second-order valence-electron chi connectivity index (χ2n) is 4.34. The van der Waals surface area contributed by atoms with E-state index >= 15 is 0 Å². The van der Waals surface area contributed by atoms with Crippen LogP contribution in [0.1, 0.15) is 19.4 Å². The first-order valence-corrected chi connectivity index (χ1v) is 6.63. The van der Waals surface area contributed by atoms with Crippen molar-refractivity contribution in [1.29, 1.82) is 0 Å². The molecule has 4 nitrogen and oxygen atoms in total. The molecule has 4 heteroatoms. The third-order valence-corrected chi connectivity index (χ3v) is 3.22. The van der Waals surface area contributed by atoms with Crippen LogP contribution in [-0.2, 0) is 6.54 Å². The summed E-state index contributed by atoms with van der Waals surface area (Å²) in [7, 11) is 0. The Morgan fingerprint density at radius 3 is 2.68 bits per heavy atom. The number of aliphatic imine (C=N–C) groups is 1. The maximum atomic E-state index is 5.99. The molecule has 2 N–H and O–H groups in total. The van der Waals surface area contributed by atoms with Gasteiger partial charge < -0.3 is 10.6 Å². The molecule has 0 aliphatic rings. The number of nitrogens with zero attached hydrogens (tertiary/aromatic N) is 3. The van der Waals surface area contributed by atoms with E-state index < -0.39 is 0 Å². The third-order valence-electron chi connectivity index (χ3n) is 3.22. The number of hydrogen-bond acceptors (Lipinski definition) is 2. The zero-order valence-corrected chi connectivity index (χ0v) is 11.5. The third kappa shape index (κ3) is 3.02. The molecular formula is C15H20N4. The number of pyridine rings is 1. The minimum absolute atomic E-state index is 0.566. The molecule has 0 spiro atoms. The van der Waals surface area contributed by atoms with Crippen LogP contribution in [0.2, 0.25) is 0 Å². The van der Waals surface area contributed by atoms with Crippen molar-refractivity contribution in [2.24, 2.45) is 10.7 Å². The molecule has 0 unspecified atom stereocenters. The van der Waals surface area contributed by atoms with Gasteiger partial charge in [0.1, 0.15) is 0 Å². The lowest BCUT2D eigenvalue weighted by atomic mass is 10.1. The molecule has 0 amide bonds. The summed E-state index contributed by atoms with van der Waals surface area (Å²) in [6, 6.07) is 10.1. The zero-order valence-electron chi connectivity index (χ0n) is 11.5. The normalized spacial score (nSPS) is 11.8. The molecule has 0 bridgehead atoms. The summed E-state index contributed by atoms with van der Waals surface area (Å²) >= 11 is 0. The van der Waals surface area contributed by atoms with Gasteiger partial charge in [-0.3, -0.25) is 4.98 Å². The van der Waals surface area contributed by atoms with Crippen molar-refractivity contribution >= 4 is 16.9 Å². The molecule has 0 aliphatic heterocycles. The van der Waals surface area contributed by atoms with E-state index in [1.165, 1.54) is 0 Å². The van der Waals surface area contributed by atoms with Gasteiger partial charge in [-0.15, -0.1) is 0 Å². The van der Waals surface area contributed by atoms with Gasteiger partial charge in [0, 0.05) is 24.7 Å². The zero-order chi connectivity index (χ0) is 13.7. The lowest BCUT2D eigenvalue weighted by Crippen LogP contribution is -2.37.